The second kappa shape index (κ2) is 6.04. The maximum absolute atomic E-state index is 6.21. The lowest BCUT2D eigenvalue weighted by Crippen LogP contribution is -2.41. The molecule has 4 rings (SSSR count). The second-order valence-electron chi connectivity index (χ2n) is 7.21. The molecule has 1 atom stereocenters. The highest BCUT2D eigenvalue weighted by molar-refractivity contribution is 14.2. The van der Waals surface area contributed by atoms with Crippen LogP contribution in [0.4, 0.5) is 0 Å². The third-order valence-corrected chi connectivity index (χ3v) is 7.04. The Morgan fingerprint density at radius 2 is 1.88 bits per heavy atom. The molecule has 1 aromatic carbocycles. The molecule has 0 bridgehead atoms. The maximum atomic E-state index is 6.21. The Kier molecular flexibility index (Phi) is 4.22. The van der Waals surface area contributed by atoms with E-state index in [4.69, 9.17) is 9.31 Å². The van der Waals surface area contributed by atoms with Crippen molar-refractivity contribution >= 4 is 51.9 Å². The molecule has 1 unspecified atom stereocenters. The van der Waals surface area contributed by atoms with Gasteiger partial charge in [0.25, 0.3) is 0 Å². The highest BCUT2D eigenvalue weighted by atomic mass is 127. The Balaban J connectivity index is 1.79. The number of nitrogens with one attached hydrogen (secondary N) is 1. The van der Waals surface area contributed by atoms with Gasteiger partial charge in [-0.05, 0) is 55.2 Å². The third kappa shape index (κ3) is 2.83. The van der Waals surface area contributed by atoms with Crippen molar-refractivity contribution in [3.05, 3.63) is 30.7 Å². The molecule has 9 heteroatoms. The quantitative estimate of drug-likeness (QED) is 0.363. The molecule has 1 fully saturated rings. The molecule has 1 aliphatic heterocycles. The van der Waals surface area contributed by atoms with Gasteiger partial charge in [0, 0.05) is 22.7 Å². The van der Waals surface area contributed by atoms with Crippen LogP contribution in [0.5, 0.6) is 0 Å². The number of hydrogen-bond donors (Lipinski definition) is 1. The number of aromatic amines is 1. The van der Waals surface area contributed by atoms with E-state index in [0.717, 1.165) is 27.5 Å². The first-order chi connectivity index (χ1) is 11.8. The lowest BCUT2D eigenvalue weighted by Gasteiger charge is -2.32. The summed E-state index contributed by atoms with van der Waals surface area (Å²) in [5, 5.41) is 12.8. The van der Waals surface area contributed by atoms with E-state index in [9.17, 15) is 0 Å². The fraction of sp³-hybridized carbons (Fsp3) is 0.375. The van der Waals surface area contributed by atoms with Gasteiger partial charge in [-0.2, -0.15) is 10.2 Å². The first kappa shape index (κ1) is 17.5. The van der Waals surface area contributed by atoms with E-state index in [1.54, 1.807) is 0 Å². The Morgan fingerprint density at radius 1 is 1.16 bits per heavy atom. The van der Waals surface area contributed by atoms with Crippen molar-refractivity contribution in [1.29, 1.82) is 0 Å². The summed E-state index contributed by atoms with van der Waals surface area (Å²) >= 11 is 2.32. The van der Waals surface area contributed by atoms with Crippen LogP contribution in [-0.4, -0.2) is 38.1 Å². The van der Waals surface area contributed by atoms with Crippen LogP contribution in [-0.2, 0) is 9.31 Å². The first-order valence-corrected chi connectivity index (χ1v) is 12.1. The number of hydrogen-bond acceptors (Lipinski definition) is 4. The van der Waals surface area contributed by atoms with Crippen molar-refractivity contribution in [3.63, 3.8) is 0 Å². The molecule has 2 aromatic heterocycles. The predicted octanol–water partition coefficient (Wildman–Crippen LogP) is 3.52. The fourth-order valence-electron chi connectivity index (χ4n) is 2.98. The lowest BCUT2D eigenvalue weighted by molar-refractivity contribution is 0.00578. The van der Waals surface area contributed by atoms with Gasteiger partial charge in [-0.3, -0.25) is 5.10 Å². The summed E-state index contributed by atoms with van der Waals surface area (Å²) in [6, 6.07) is 4.15. The number of fused-ring (bicyclic) bond motifs is 1. The van der Waals surface area contributed by atoms with Gasteiger partial charge in [-0.15, -0.1) is 0 Å². The van der Waals surface area contributed by atoms with Crippen LogP contribution in [0.2, 0.25) is 0 Å². The monoisotopic (exact) mass is 468 g/mol. The molecular weight excluding hydrogens is 449 g/mol. The van der Waals surface area contributed by atoms with Crippen LogP contribution < -0.4 is 5.46 Å². The topological polar surface area (TPSA) is 65.0 Å². The number of halogens is 1. The summed E-state index contributed by atoms with van der Waals surface area (Å²) < 4.78 is 14.4. The van der Waals surface area contributed by atoms with E-state index in [2.05, 4.69) is 83.4 Å². The molecule has 3 aromatic rings. The van der Waals surface area contributed by atoms with Gasteiger partial charge in [0.15, 0.2) is 0 Å². The molecule has 1 saturated heterocycles. The Hall–Kier alpha value is -0.955. The van der Waals surface area contributed by atoms with Gasteiger partial charge in [0.05, 0.1) is 35.5 Å². The smallest absolute Gasteiger partial charge is 0.399 e. The third-order valence-electron chi connectivity index (χ3n) is 5.14. The van der Waals surface area contributed by atoms with Crippen LogP contribution in [0.25, 0.3) is 22.0 Å². The standard InChI is InChI=1S/C16H19BIN4O2P/c1-15(2)16(3,4)24-17(23-15)13-6-5-11(14-12(13)8-19-21-14)10-7-20-22(9-10)25-18/h5-9,25H,1-4H3,(H,19,21). The van der Waals surface area contributed by atoms with Gasteiger partial charge < -0.3 is 9.31 Å². The fourth-order valence-corrected chi connectivity index (χ4v) is 4.06. The number of H-pyrrole nitrogens is 1. The van der Waals surface area contributed by atoms with E-state index in [1.807, 2.05) is 16.8 Å². The van der Waals surface area contributed by atoms with Crippen molar-refractivity contribution in [1.82, 2.24) is 19.7 Å². The van der Waals surface area contributed by atoms with E-state index >= 15 is 0 Å². The van der Waals surface area contributed by atoms with Crippen molar-refractivity contribution in [2.45, 2.75) is 38.9 Å². The van der Waals surface area contributed by atoms with Crippen molar-refractivity contribution in [3.8, 4) is 11.1 Å². The highest BCUT2D eigenvalue weighted by Gasteiger charge is 2.52. The van der Waals surface area contributed by atoms with Gasteiger partial charge in [0.2, 0.25) is 0 Å². The zero-order chi connectivity index (χ0) is 17.8. The van der Waals surface area contributed by atoms with Crippen LogP contribution in [0.15, 0.2) is 30.7 Å². The number of aromatic nitrogens is 4. The molecule has 0 spiro atoms. The molecule has 0 saturated carbocycles. The predicted molar refractivity (Wildman–Crippen MR) is 111 cm³/mol. The molecule has 6 nitrogen and oxygen atoms in total. The van der Waals surface area contributed by atoms with E-state index in [0.29, 0.717) is 6.37 Å². The molecule has 0 radical (unpaired) electrons. The van der Waals surface area contributed by atoms with Crippen LogP contribution >= 0.6 is 28.4 Å². The van der Waals surface area contributed by atoms with Crippen molar-refractivity contribution < 1.29 is 9.31 Å². The Labute approximate surface area is 161 Å². The largest absolute Gasteiger partial charge is 0.495 e. The number of rotatable bonds is 3. The molecule has 0 amide bonds. The number of benzene rings is 1. The first-order valence-electron chi connectivity index (χ1n) is 8.06. The Bertz CT molecular complexity index is 923. The summed E-state index contributed by atoms with van der Waals surface area (Å²) in [5.74, 6) is 0. The van der Waals surface area contributed by atoms with Gasteiger partial charge in [-0.1, -0.05) is 12.1 Å². The minimum absolute atomic E-state index is 0.366. The van der Waals surface area contributed by atoms with Crippen LogP contribution in [0.1, 0.15) is 27.7 Å². The maximum Gasteiger partial charge on any atom is 0.495 e. The average molecular weight is 468 g/mol. The minimum Gasteiger partial charge on any atom is -0.399 e. The summed E-state index contributed by atoms with van der Waals surface area (Å²) in [6.45, 7) is 8.25. The van der Waals surface area contributed by atoms with Crippen LogP contribution in [0, 0.1) is 0 Å². The van der Waals surface area contributed by atoms with Crippen LogP contribution in [0.3, 0.4) is 0 Å². The average Bonchev–Trinajstić information content (AvgIpc) is 3.25. The van der Waals surface area contributed by atoms with Gasteiger partial charge in [0.1, 0.15) is 0 Å². The highest BCUT2D eigenvalue weighted by Crippen LogP contribution is 2.37. The van der Waals surface area contributed by atoms with E-state index in [1.165, 1.54) is 0 Å². The molecule has 1 N–H and O–H groups in total. The number of nitrogens with zero attached hydrogens (tertiary/aromatic N) is 3. The molecule has 1 aliphatic rings. The lowest BCUT2D eigenvalue weighted by atomic mass is 9.76. The summed E-state index contributed by atoms with van der Waals surface area (Å²) in [4.78, 5) is 0. The summed E-state index contributed by atoms with van der Waals surface area (Å²) in [5.41, 5.74) is 3.38. The zero-order valence-corrected chi connectivity index (χ0v) is 17.7. The molecule has 0 aliphatic carbocycles. The Morgan fingerprint density at radius 3 is 2.52 bits per heavy atom. The van der Waals surface area contributed by atoms with Crippen molar-refractivity contribution in [2.24, 2.45) is 0 Å². The molecule has 3 heterocycles. The minimum atomic E-state index is -0.405. The summed E-state index contributed by atoms with van der Waals surface area (Å²) in [7, 11) is -0.405. The molecule has 130 valence electrons. The summed E-state index contributed by atoms with van der Waals surface area (Å²) in [6.07, 6.45) is 6.35. The van der Waals surface area contributed by atoms with Gasteiger partial charge >= 0.3 is 7.12 Å². The molecule has 25 heavy (non-hydrogen) atoms. The van der Waals surface area contributed by atoms with Gasteiger partial charge in [-0.25, -0.2) is 4.45 Å². The SMILES string of the molecule is CC1(C)OB(c2ccc(-c3cnn(PI)c3)c3[nH]ncc23)OC1(C)C. The van der Waals surface area contributed by atoms with Crippen molar-refractivity contribution in [2.75, 3.05) is 0 Å². The van der Waals surface area contributed by atoms with E-state index in [-0.39, 0.29) is 11.2 Å². The normalized spacial score (nSPS) is 19.5. The molecular formula is C16H19BIN4O2P. The van der Waals surface area contributed by atoms with E-state index < -0.39 is 7.12 Å². The second-order valence-corrected chi connectivity index (χ2v) is 9.28. The zero-order valence-electron chi connectivity index (χ0n) is 14.5.